The van der Waals surface area contributed by atoms with Crippen LogP contribution >= 0.6 is 0 Å². The van der Waals surface area contributed by atoms with Crippen LogP contribution < -0.4 is 0 Å². The lowest BCUT2D eigenvalue weighted by molar-refractivity contribution is -0.214. The molecule has 1 aromatic rings. The number of hydrogen-bond acceptors (Lipinski definition) is 4. The van der Waals surface area contributed by atoms with E-state index >= 15 is 0 Å². The van der Waals surface area contributed by atoms with Crippen LogP contribution in [0.15, 0.2) is 30.3 Å². The Bertz CT molecular complexity index is 553. The van der Waals surface area contributed by atoms with E-state index in [2.05, 4.69) is 4.74 Å². The summed E-state index contributed by atoms with van der Waals surface area (Å²) in [4.78, 5) is 11.4. The van der Waals surface area contributed by atoms with Crippen LogP contribution in [0.25, 0.3) is 0 Å². The molecule has 0 aliphatic heterocycles. The Balaban J connectivity index is 2.73. The molecular formula is C11H11F3O5S. The number of halogens is 3. The Morgan fingerprint density at radius 3 is 2.25 bits per heavy atom. The van der Waals surface area contributed by atoms with Gasteiger partial charge in [0.2, 0.25) is 6.10 Å². The number of benzene rings is 1. The molecule has 1 unspecified atom stereocenters. The van der Waals surface area contributed by atoms with Crippen molar-refractivity contribution in [3.63, 3.8) is 0 Å². The number of carbonyl (C=O) groups excluding carboxylic acids is 1. The molecule has 1 aromatic carbocycles. The predicted octanol–water partition coefficient (Wildman–Crippen LogP) is 1.59. The van der Waals surface area contributed by atoms with Crippen molar-refractivity contribution in [3.8, 4) is 0 Å². The first kappa shape index (κ1) is 16.4. The SMILES string of the molecule is O=C(Cc1ccccc1)OC(CS(=O)(=O)O)C(F)(F)F. The third-order valence-corrected chi connectivity index (χ3v) is 2.92. The molecule has 1 N–H and O–H groups in total. The van der Waals surface area contributed by atoms with Gasteiger partial charge in [0, 0.05) is 0 Å². The van der Waals surface area contributed by atoms with Crippen molar-refractivity contribution in [2.45, 2.75) is 18.7 Å². The van der Waals surface area contributed by atoms with Gasteiger partial charge in [-0.05, 0) is 5.56 Å². The molecule has 0 heterocycles. The molecule has 0 saturated carbocycles. The first-order chi connectivity index (χ1) is 9.08. The Hall–Kier alpha value is -1.61. The molecular weight excluding hydrogens is 301 g/mol. The summed E-state index contributed by atoms with van der Waals surface area (Å²) in [5.74, 6) is -2.96. The highest BCUT2D eigenvalue weighted by Crippen LogP contribution is 2.24. The molecule has 0 spiro atoms. The highest BCUT2D eigenvalue weighted by Gasteiger charge is 2.45. The highest BCUT2D eigenvalue weighted by atomic mass is 32.2. The molecule has 20 heavy (non-hydrogen) atoms. The molecule has 0 radical (unpaired) electrons. The van der Waals surface area contributed by atoms with Gasteiger partial charge in [-0.15, -0.1) is 0 Å². The smallest absolute Gasteiger partial charge is 0.426 e. The van der Waals surface area contributed by atoms with E-state index in [4.69, 9.17) is 4.55 Å². The maximum atomic E-state index is 12.5. The number of ether oxygens (including phenoxy) is 1. The predicted molar refractivity (Wildman–Crippen MR) is 62.5 cm³/mol. The van der Waals surface area contributed by atoms with Gasteiger partial charge in [-0.2, -0.15) is 21.6 Å². The summed E-state index contributed by atoms with van der Waals surface area (Å²) in [7, 11) is -4.92. The lowest BCUT2D eigenvalue weighted by atomic mass is 10.1. The second kappa shape index (κ2) is 6.23. The molecule has 112 valence electrons. The van der Waals surface area contributed by atoms with E-state index in [1.54, 1.807) is 18.2 Å². The molecule has 0 aliphatic carbocycles. The van der Waals surface area contributed by atoms with Crippen molar-refractivity contribution in [2.75, 3.05) is 5.75 Å². The molecule has 0 aliphatic rings. The number of carbonyl (C=O) groups is 1. The van der Waals surface area contributed by atoms with Crippen molar-refractivity contribution in [1.82, 2.24) is 0 Å². The van der Waals surface area contributed by atoms with Crippen LogP contribution in [-0.2, 0) is 26.1 Å². The third-order valence-electron chi connectivity index (χ3n) is 2.19. The standard InChI is InChI=1S/C11H11F3O5S/c12-11(13,14)9(7-20(16,17)18)19-10(15)6-8-4-2-1-3-5-8/h1-5,9H,6-7H2,(H,16,17,18). The molecule has 0 amide bonds. The summed E-state index contributed by atoms with van der Waals surface area (Å²) in [6.07, 6.45) is -8.41. The van der Waals surface area contributed by atoms with E-state index in [1.165, 1.54) is 12.1 Å². The lowest BCUT2D eigenvalue weighted by Gasteiger charge is -2.19. The van der Waals surface area contributed by atoms with Gasteiger partial charge >= 0.3 is 12.1 Å². The van der Waals surface area contributed by atoms with Crippen LogP contribution in [0, 0.1) is 0 Å². The van der Waals surface area contributed by atoms with Crippen LogP contribution in [0.3, 0.4) is 0 Å². The normalized spacial score (nSPS) is 13.8. The van der Waals surface area contributed by atoms with Crippen LogP contribution in [-0.4, -0.2) is 37.0 Å². The van der Waals surface area contributed by atoms with Gasteiger partial charge in [0.15, 0.2) is 0 Å². The van der Waals surface area contributed by atoms with Crippen LogP contribution in [0.2, 0.25) is 0 Å². The minimum Gasteiger partial charge on any atom is -0.451 e. The van der Waals surface area contributed by atoms with Crippen LogP contribution in [0.5, 0.6) is 0 Å². The van der Waals surface area contributed by atoms with Gasteiger partial charge in [0.05, 0.1) is 6.42 Å². The third kappa shape index (κ3) is 6.02. The number of rotatable bonds is 5. The van der Waals surface area contributed by atoms with Crippen molar-refractivity contribution in [2.24, 2.45) is 0 Å². The molecule has 1 rings (SSSR count). The second-order valence-electron chi connectivity index (χ2n) is 3.93. The second-order valence-corrected chi connectivity index (χ2v) is 5.43. The zero-order valence-corrected chi connectivity index (χ0v) is 10.8. The van der Waals surface area contributed by atoms with Crippen molar-refractivity contribution >= 4 is 16.1 Å². The van der Waals surface area contributed by atoms with Crippen LogP contribution in [0.4, 0.5) is 13.2 Å². The Kier molecular flexibility index (Phi) is 5.12. The van der Waals surface area contributed by atoms with Gasteiger partial charge < -0.3 is 4.74 Å². The molecule has 0 bridgehead atoms. The summed E-state index contributed by atoms with van der Waals surface area (Å²) in [5, 5.41) is 0. The maximum absolute atomic E-state index is 12.5. The minimum absolute atomic E-state index is 0.422. The minimum atomic E-state index is -5.08. The molecule has 9 heteroatoms. The molecule has 5 nitrogen and oxygen atoms in total. The highest BCUT2D eigenvalue weighted by molar-refractivity contribution is 7.85. The number of alkyl halides is 3. The van der Waals surface area contributed by atoms with E-state index in [-0.39, 0.29) is 0 Å². The Morgan fingerprint density at radius 1 is 1.25 bits per heavy atom. The van der Waals surface area contributed by atoms with E-state index in [0.29, 0.717) is 5.56 Å². The fourth-order valence-electron chi connectivity index (χ4n) is 1.35. The van der Waals surface area contributed by atoms with Gasteiger partial charge in [-0.1, -0.05) is 30.3 Å². The molecule has 0 saturated heterocycles. The topological polar surface area (TPSA) is 80.7 Å². The summed E-state index contributed by atoms with van der Waals surface area (Å²) in [5.41, 5.74) is 0.422. The zero-order valence-electron chi connectivity index (χ0n) is 10.0. The van der Waals surface area contributed by atoms with E-state index in [1.807, 2.05) is 0 Å². The van der Waals surface area contributed by atoms with Crippen molar-refractivity contribution in [3.05, 3.63) is 35.9 Å². The Morgan fingerprint density at radius 2 is 1.80 bits per heavy atom. The summed E-state index contributed by atoms with van der Waals surface area (Å²) >= 11 is 0. The van der Waals surface area contributed by atoms with Gasteiger partial charge in [-0.25, -0.2) is 0 Å². The quantitative estimate of drug-likeness (QED) is 0.659. The number of hydrogen-bond donors (Lipinski definition) is 1. The van der Waals surface area contributed by atoms with E-state index < -0.39 is 40.5 Å². The lowest BCUT2D eigenvalue weighted by Crippen LogP contribution is -2.39. The van der Waals surface area contributed by atoms with E-state index in [9.17, 15) is 26.4 Å². The fraction of sp³-hybridized carbons (Fsp3) is 0.364. The van der Waals surface area contributed by atoms with Crippen LogP contribution in [0.1, 0.15) is 5.56 Å². The number of esters is 1. The monoisotopic (exact) mass is 312 g/mol. The fourth-order valence-corrected chi connectivity index (χ4v) is 1.99. The molecule has 1 atom stereocenters. The largest absolute Gasteiger partial charge is 0.451 e. The van der Waals surface area contributed by atoms with Gasteiger partial charge in [0.1, 0.15) is 5.75 Å². The molecule has 0 aromatic heterocycles. The van der Waals surface area contributed by atoms with Gasteiger partial charge in [0.25, 0.3) is 10.1 Å². The first-order valence-electron chi connectivity index (χ1n) is 5.33. The average molecular weight is 312 g/mol. The maximum Gasteiger partial charge on any atom is 0.426 e. The van der Waals surface area contributed by atoms with Crippen molar-refractivity contribution in [1.29, 1.82) is 0 Å². The zero-order chi connectivity index (χ0) is 15.4. The summed E-state index contributed by atoms with van der Waals surface area (Å²) in [6, 6.07) is 7.84. The van der Waals surface area contributed by atoms with Crippen molar-refractivity contribution < 1.29 is 35.7 Å². The summed E-state index contributed by atoms with van der Waals surface area (Å²) in [6.45, 7) is 0. The summed E-state index contributed by atoms with van der Waals surface area (Å²) < 4.78 is 71.0. The first-order valence-corrected chi connectivity index (χ1v) is 6.94. The van der Waals surface area contributed by atoms with E-state index in [0.717, 1.165) is 0 Å². The Labute approximate surface area is 113 Å². The van der Waals surface area contributed by atoms with Gasteiger partial charge in [-0.3, -0.25) is 9.35 Å². The average Bonchev–Trinajstić information content (AvgIpc) is 2.26. The molecule has 0 fully saturated rings.